The van der Waals surface area contributed by atoms with Gasteiger partial charge in [0.1, 0.15) is 6.61 Å². The van der Waals surface area contributed by atoms with Gasteiger partial charge in [0.05, 0.1) is 12.1 Å². The largest absolute Gasteiger partial charge is 0.493 e. The van der Waals surface area contributed by atoms with Crippen molar-refractivity contribution in [3.05, 3.63) is 58.1 Å². The number of hydrogen-bond acceptors (Lipinski definition) is 6. The van der Waals surface area contributed by atoms with E-state index < -0.39 is 0 Å². The maximum Gasteiger partial charge on any atom is 0.243 e. The third-order valence-corrected chi connectivity index (χ3v) is 4.32. The summed E-state index contributed by atoms with van der Waals surface area (Å²) in [6.45, 7) is 5.63. The molecule has 0 aliphatic heterocycles. The van der Waals surface area contributed by atoms with E-state index in [4.69, 9.17) is 21.1 Å². The Hall–Kier alpha value is -2.80. The molecule has 0 aliphatic carbocycles. The fourth-order valence-electron chi connectivity index (χ4n) is 2.70. The summed E-state index contributed by atoms with van der Waals surface area (Å²) in [6, 6.07) is 11.9. The summed E-state index contributed by atoms with van der Waals surface area (Å²) in [7, 11) is 1.60. The van der Waals surface area contributed by atoms with Crippen LogP contribution in [0.3, 0.4) is 0 Å². The maximum absolute atomic E-state index is 6.45. The molecule has 0 saturated carbocycles. The van der Waals surface area contributed by atoms with Crippen LogP contribution >= 0.6 is 11.6 Å². The van der Waals surface area contributed by atoms with Crippen molar-refractivity contribution in [2.75, 3.05) is 12.4 Å². The third-order valence-electron chi connectivity index (χ3n) is 4.04. The maximum atomic E-state index is 6.45. The Morgan fingerprint density at radius 1 is 1.19 bits per heavy atom. The summed E-state index contributed by atoms with van der Waals surface area (Å²) in [5.41, 5.74) is 3.20. The molecule has 1 heterocycles. The minimum Gasteiger partial charge on any atom is -0.493 e. The van der Waals surface area contributed by atoms with Crippen LogP contribution in [-0.4, -0.2) is 27.3 Å². The molecule has 3 rings (SSSR count). The number of benzene rings is 2. The van der Waals surface area contributed by atoms with E-state index in [0.29, 0.717) is 42.2 Å². The molecular formula is C19H22ClN5O2. The van der Waals surface area contributed by atoms with Gasteiger partial charge in [0, 0.05) is 13.1 Å². The molecule has 142 valence electrons. The van der Waals surface area contributed by atoms with Crippen LogP contribution in [0, 0.1) is 6.92 Å². The first-order valence-electron chi connectivity index (χ1n) is 8.65. The number of nitrogens with zero attached hydrogens (tertiary/aromatic N) is 4. The second kappa shape index (κ2) is 8.73. The minimum atomic E-state index is 0.417. The topological polar surface area (TPSA) is 74.1 Å². The van der Waals surface area contributed by atoms with Crippen molar-refractivity contribution >= 4 is 17.5 Å². The van der Waals surface area contributed by atoms with Gasteiger partial charge in [0.25, 0.3) is 0 Å². The van der Waals surface area contributed by atoms with Crippen LogP contribution in [0.1, 0.15) is 23.6 Å². The van der Waals surface area contributed by atoms with Crippen molar-refractivity contribution in [3.8, 4) is 11.5 Å². The number of halogens is 1. The predicted octanol–water partition coefficient (Wildman–Crippen LogP) is 3.85. The van der Waals surface area contributed by atoms with Gasteiger partial charge in [-0.25, -0.2) is 4.68 Å². The predicted molar refractivity (Wildman–Crippen MR) is 104 cm³/mol. The van der Waals surface area contributed by atoms with E-state index in [0.717, 1.165) is 11.1 Å². The van der Waals surface area contributed by atoms with Gasteiger partial charge in [-0.2, -0.15) is 0 Å². The lowest BCUT2D eigenvalue weighted by molar-refractivity contribution is 0.284. The van der Waals surface area contributed by atoms with Crippen molar-refractivity contribution < 1.29 is 9.47 Å². The quantitative estimate of drug-likeness (QED) is 0.632. The van der Waals surface area contributed by atoms with Crippen molar-refractivity contribution in [1.29, 1.82) is 0 Å². The summed E-state index contributed by atoms with van der Waals surface area (Å²) in [5, 5.41) is 15.2. The molecule has 3 aromatic rings. The molecule has 0 aliphatic rings. The highest BCUT2D eigenvalue weighted by Crippen LogP contribution is 2.37. The lowest BCUT2D eigenvalue weighted by Crippen LogP contribution is -2.08. The van der Waals surface area contributed by atoms with E-state index >= 15 is 0 Å². The lowest BCUT2D eigenvalue weighted by atomic mass is 10.1. The number of tetrazole rings is 1. The molecular weight excluding hydrogens is 366 g/mol. The second-order valence-electron chi connectivity index (χ2n) is 6.06. The van der Waals surface area contributed by atoms with E-state index in [1.165, 1.54) is 5.56 Å². The van der Waals surface area contributed by atoms with E-state index in [-0.39, 0.29) is 0 Å². The van der Waals surface area contributed by atoms with Crippen LogP contribution in [0.5, 0.6) is 11.5 Å². The number of rotatable bonds is 8. The Kier molecular flexibility index (Phi) is 6.13. The standard InChI is InChI=1S/C19H22ClN5O2/c1-4-25-19(22-23-24-25)21-11-15-9-16(20)18(17(10-15)26-3)27-12-14-7-5-6-13(2)8-14/h5-10H,4,11-12H2,1-3H3,(H,21,22,24). The van der Waals surface area contributed by atoms with Crippen LogP contribution in [0.4, 0.5) is 5.95 Å². The molecule has 0 radical (unpaired) electrons. The molecule has 0 amide bonds. The summed E-state index contributed by atoms with van der Waals surface area (Å²) in [5.74, 6) is 1.72. The minimum absolute atomic E-state index is 0.417. The number of nitrogens with one attached hydrogen (secondary N) is 1. The molecule has 0 spiro atoms. The molecule has 7 nitrogen and oxygen atoms in total. The summed E-state index contributed by atoms with van der Waals surface area (Å²) in [6.07, 6.45) is 0. The molecule has 1 aromatic heterocycles. The Morgan fingerprint density at radius 2 is 2.04 bits per heavy atom. The number of anilines is 1. The van der Waals surface area contributed by atoms with Gasteiger partial charge in [-0.05, 0) is 47.5 Å². The zero-order chi connectivity index (χ0) is 19.2. The average molecular weight is 388 g/mol. The number of aryl methyl sites for hydroxylation is 2. The van der Waals surface area contributed by atoms with Gasteiger partial charge in [-0.1, -0.05) is 46.5 Å². The highest BCUT2D eigenvalue weighted by atomic mass is 35.5. The van der Waals surface area contributed by atoms with Gasteiger partial charge >= 0.3 is 0 Å². The van der Waals surface area contributed by atoms with E-state index in [2.05, 4.69) is 26.9 Å². The summed E-state index contributed by atoms with van der Waals surface area (Å²) >= 11 is 6.45. The van der Waals surface area contributed by atoms with Gasteiger partial charge in [-0.15, -0.1) is 0 Å². The number of aromatic nitrogens is 4. The van der Waals surface area contributed by atoms with Crippen LogP contribution in [0.15, 0.2) is 36.4 Å². The molecule has 0 fully saturated rings. The molecule has 2 aromatic carbocycles. The monoisotopic (exact) mass is 387 g/mol. The average Bonchev–Trinajstić information content (AvgIpc) is 3.12. The molecule has 0 atom stereocenters. The number of methoxy groups -OCH3 is 1. The van der Waals surface area contributed by atoms with Crippen molar-refractivity contribution in [2.24, 2.45) is 0 Å². The first-order valence-corrected chi connectivity index (χ1v) is 9.03. The van der Waals surface area contributed by atoms with Crippen LogP contribution in [0.25, 0.3) is 0 Å². The normalized spacial score (nSPS) is 10.7. The molecule has 1 N–H and O–H groups in total. The highest BCUT2D eigenvalue weighted by molar-refractivity contribution is 6.32. The van der Waals surface area contributed by atoms with Crippen LogP contribution < -0.4 is 14.8 Å². The fourth-order valence-corrected chi connectivity index (χ4v) is 2.99. The van der Waals surface area contributed by atoms with E-state index in [1.54, 1.807) is 11.8 Å². The number of ether oxygens (including phenoxy) is 2. The summed E-state index contributed by atoms with van der Waals surface area (Å²) in [4.78, 5) is 0. The van der Waals surface area contributed by atoms with E-state index in [1.807, 2.05) is 44.2 Å². The van der Waals surface area contributed by atoms with Crippen molar-refractivity contribution in [2.45, 2.75) is 33.5 Å². The van der Waals surface area contributed by atoms with Crippen LogP contribution in [0.2, 0.25) is 5.02 Å². The van der Waals surface area contributed by atoms with Gasteiger partial charge < -0.3 is 14.8 Å². The smallest absolute Gasteiger partial charge is 0.243 e. The SMILES string of the molecule is CCn1nnnc1NCc1cc(Cl)c(OCc2cccc(C)c2)c(OC)c1. The van der Waals surface area contributed by atoms with E-state index in [9.17, 15) is 0 Å². The Morgan fingerprint density at radius 3 is 2.78 bits per heavy atom. The fraction of sp³-hybridized carbons (Fsp3) is 0.316. The zero-order valence-corrected chi connectivity index (χ0v) is 16.3. The van der Waals surface area contributed by atoms with Gasteiger partial charge in [0.2, 0.25) is 5.95 Å². The Bertz CT molecular complexity index is 913. The zero-order valence-electron chi connectivity index (χ0n) is 15.6. The van der Waals surface area contributed by atoms with Crippen LogP contribution in [-0.2, 0) is 19.7 Å². The first kappa shape index (κ1) is 19.0. The summed E-state index contributed by atoms with van der Waals surface area (Å²) < 4.78 is 13.1. The van der Waals surface area contributed by atoms with Crippen molar-refractivity contribution in [3.63, 3.8) is 0 Å². The Balaban J connectivity index is 1.72. The molecule has 27 heavy (non-hydrogen) atoms. The second-order valence-corrected chi connectivity index (χ2v) is 6.47. The first-order chi connectivity index (χ1) is 13.1. The molecule has 8 heteroatoms. The highest BCUT2D eigenvalue weighted by Gasteiger charge is 2.13. The van der Waals surface area contributed by atoms with Gasteiger partial charge in [-0.3, -0.25) is 0 Å². The lowest BCUT2D eigenvalue weighted by Gasteiger charge is -2.15. The van der Waals surface area contributed by atoms with Crippen molar-refractivity contribution in [1.82, 2.24) is 20.2 Å². The Labute approximate surface area is 163 Å². The third kappa shape index (κ3) is 4.68. The molecule has 0 unspecified atom stereocenters. The van der Waals surface area contributed by atoms with Gasteiger partial charge in [0.15, 0.2) is 11.5 Å². The number of hydrogen-bond donors (Lipinski definition) is 1. The molecule has 0 bridgehead atoms. The molecule has 0 saturated heterocycles.